The van der Waals surface area contributed by atoms with Crippen LogP contribution in [-0.2, 0) is 0 Å². The van der Waals surface area contributed by atoms with E-state index >= 15 is 0 Å². The van der Waals surface area contributed by atoms with Crippen LogP contribution in [0, 0.1) is 5.92 Å². The number of halogens is 1. The first-order valence-electron chi connectivity index (χ1n) is 4.37. The second kappa shape index (κ2) is 4.18. The van der Waals surface area contributed by atoms with E-state index in [0.717, 1.165) is 5.92 Å². The molecule has 1 aliphatic rings. The Labute approximate surface area is 82.6 Å². The van der Waals surface area contributed by atoms with Gasteiger partial charge in [0.25, 0.3) is 0 Å². The van der Waals surface area contributed by atoms with E-state index < -0.39 is 0 Å². The predicted octanol–water partition coefficient (Wildman–Crippen LogP) is 3.69. The summed E-state index contributed by atoms with van der Waals surface area (Å²) in [7, 11) is 0. The Bertz CT molecular complexity index is 123. The Kier molecular flexibility index (Phi) is 3.76. The van der Waals surface area contributed by atoms with Crippen LogP contribution in [0.1, 0.15) is 33.1 Å². The highest BCUT2D eigenvalue weighted by Gasteiger charge is 2.34. The van der Waals surface area contributed by atoms with E-state index in [2.05, 4.69) is 41.5 Å². The van der Waals surface area contributed by atoms with Gasteiger partial charge in [-0.25, -0.2) is 0 Å². The molecule has 11 heavy (non-hydrogen) atoms. The largest absolute Gasteiger partial charge is 0.155 e. The summed E-state index contributed by atoms with van der Waals surface area (Å²) < 4.78 is 0.558. The highest BCUT2D eigenvalue weighted by atomic mass is 79.9. The first-order chi connectivity index (χ1) is 5.17. The summed E-state index contributed by atoms with van der Waals surface area (Å²) in [4.78, 5) is 0. The Morgan fingerprint density at radius 1 is 1.55 bits per heavy atom. The third-order valence-corrected chi connectivity index (χ3v) is 4.69. The fraction of sp³-hybridized carbons (Fsp3) is 1.00. The molecular weight excluding hydrogens is 220 g/mol. The zero-order valence-electron chi connectivity index (χ0n) is 7.40. The summed E-state index contributed by atoms with van der Waals surface area (Å²) >= 11 is 5.63. The normalized spacial score (nSPS) is 29.2. The maximum Gasteiger partial charge on any atom is 0.0132 e. The highest BCUT2D eigenvalue weighted by molar-refractivity contribution is 9.09. The zero-order chi connectivity index (χ0) is 8.32. The van der Waals surface area contributed by atoms with Gasteiger partial charge in [-0.1, -0.05) is 29.8 Å². The van der Waals surface area contributed by atoms with Gasteiger partial charge in [-0.05, 0) is 30.9 Å². The number of rotatable bonds is 3. The van der Waals surface area contributed by atoms with Crippen molar-refractivity contribution in [1.82, 2.24) is 0 Å². The topological polar surface area (TPSA) is 0 Å². The van der Waals surface area contributed by atoms with Gasteiger partial charge in [-0.3, -0.25) is 0 Å². The van der Waals surface area contributed by atoms with Gasteiger partial charge in [-0.2, -0.15) is 11.8 Å². The van der Waals surface area contributed by atoms with Gasteiger partial charge < -0.3 is 0 Å². The van der Waals surface area contributed by atoms with E-state index in [9.17, 15) is 0 Å². The second-order valence-electron chi connectivity index (χ2n) is 3.77. The van der Waals surface area contributed by atoms with Crippen molar-refractivity contribution >= 4 is 27.7 Å². The number of alkyl halides is 1. The summed E-state index contributed by atoms with van der Waals surface area (Å²) in [5, 5.41) is 1.17. The van der Waals surface area contributed by atoms with Crippen LogP contribution in [0.15, 0.2) is 0 Å². The molecule has 0 bridgehead atoms. The van der Waals surface area contributed by atoms with Crippen molar-refractivity contribution in [2.75, 3.05) is 11.1 Å². The lowest BCUT2D eigenvalue weighted by atomic mass is 9.89. The van der Waals surface area contributed by atoms with Gasteiger partial charge in [0.05, 0.1) is 0 Å². The van der Waals surface area contributed by atoms with Crippen LogP contribution in [0.3, 0.4) is 0 Å². The summed E-state index contributed by atoms with van der Waals surface area (Å²) in [6.45, 7) is 4.78. The van der Waals surface area contributed by atoms with Crippen LogP contribution in [0.25, 0.3) is 0 Å². The number of hydrogen-bond acceptors (Lipinski definition) is 1. The molecule has 0 saturated carbocycles. The van der Waals surface area contributed by atoms with Crippen LogP contribution in [0.2, 0.25) is 0 Å². The molecule has 1 unspecified atom stereocenters. The maximum atomic E-state index is 3.49. The van der Waals surface area contributed by atoms with E-state index in [1.54, 1.807) is 0 Å². The van der Waals surface area contributed by atoms with Crippen LogP contribution >= 0.6 is 27.7 Å². The minimum Gasteiger partial charge on any atom is -0.155 e. The van der Waals surface area contributed by atoms with Gasteiger partial charge in [0.2, 0.25) is 0 Å². The van der Waals surface area contributed by atoms with Crippen molar-refractivity contribution in [3.05, 3.63) is 0 Å². The average molecular weight is 237 g/mol. The summed E-state index contributed by atoms with van der Waals surface area (Å²) in [6, 6.07) is 0. The molecule has 0 aromatic heterocycles. The lowest BCUT2D eigenvalue weighted by Crippen LogP contribution is -2.21. The molecule has 0 aliphatic carbocycles. The van der Waals surface area contributed by atoms with Crippen molar-refractivity contribution in [2.45, 2.75) is 37.9 Å². The van der Waals surface area contributed by atoms with Crippen molar-refractivity contribution in [3.63, 3.8) is 0 Å². The monoisotopic (exact) mass is 236 g/mol. The Balaban J connectivity index is 2.32. The van der Waals surface area contributed by atoms with Crippen molar-refractivity contribution in [3.8, 4) is 0 Å². The second-order valence-corrected chi connectivity index (χ2v) is 6.31. The molecule has 1 atom stereocenters. The van der Waals surface area contributed by atoms with Gasteiger partial charge in [0.15, 0.2) is 0 Å². The lowest BCUT2D eigenvalue weighted by Gasteiger charge is -2.25. The summed E-state index contributed by atoms with van der Waals surface area (Å²) in [6.07, 6.45) is 4.19. The van der Waals surface area contributed by atoms with Crippen LogP contribution in [0.4, 0.5) is 0 Å². The van der Waals surface area contributed by atoms with E-state index in [0.29, 0.717) is 4.75 Å². The van der Waals surface area contributed by atoms with E-state index in [1.807, 2.05) is 0 Å². The molecule has 66 valence electrons. The van der Waals surface area contributed by atoms with E-state index in [4.69, 9.17) is 0 Å². The fourth-order valence-electron chi connectivity index (χ4n) is 1.75. The van der Waals surface area contributed by atoms with Crippen LogP contribution in [-0.4, -0.2) is 15.8 Å². The molecular formula is C9H17BrS. The molecule has 0 spiro atoms. The Morgan fingerprint density at radius 3 is 2.73 bits per heavy atom. The molecule has 0 aromatic rings. The summed E-state index contributed by atoms with van der Waals surface area (Å²) in [5.74, 6) is 2.34. The van der Waals surface area contributed by atoms with Gasteiger partial charge in [0, 0.05) is 10.1 Å². The quantitative estimate of drug-likeness (QED) is 0.674. The molecule has 0 radical (unpaired) electrons. The molecule has 1 heterocycles. The number of thioether (sulfide) groups is 1. The minimum absolute atomic E-state index is 0.558. The smallest absolute Gasteiger partial charge is 0.0132 e. The standard InChI is InChI=1S/C9H17BrS/c1-9(2)8(4-3-6-10)5-7-11-9/h8H,3-7H2,1-2H3. The molecule has 0 amide bonds. The van der Waals surface area contributed by atoms with Crippen LogP contribution < -0.4 is 0 Å². The molecule has 0 nitrogen and oxygen atoms in total. The first-order valence-corrected chi connectivity index (χ1v) is 6.47. The van der Waals surface area contributed by atoms with E-state index in [1.165, 1.54) is 30.3 Å². The molecule has 1 rings (SSSR count). The Morgan fingerprint density at radius 2 is 2.27 bits per heavy atom. The lowest BCUT2D eigenvalue weighted by molar-refractivity contribution is 0.404. The van der Waals surface area contributed by atoms with Crippen molar-refractivity contribution in [1.29, 1.82) is 0 Å². The molecule has 0 N–H and O–H groups in total. The first kappa shape index (κ1) is 9.91. The van der Waals surface area contributed by atoms with Crippen molar-refractivity contribution < 1.29 is 0 Å². The van der Waals surface area contributed by atoms with Gasteiger partial charge >= 0.3 is 0 Å². The van der Waals surface area contributed by atoms with Crippen LogP contribution in [0.5, 0.6) is 0 Å². The van der Waals surface area contributed by atoms with Gasteiger partial charge in [-0.15, -0.1) is 0 Å². The maximum absolute atomic E-state index is 3.49. The Hall–Kier alpha value is 0.830. The third kappa shape index (κ3) is 2.66. The average Bonchev–Trinajstić information content (AvgIpc) is 2.25. The SMILES string of the molecule is CC1(C)SCCC1CCCBr. The molecule has 2 heteroatoms. The number of hydrogen-bond donors (Lipinski definition) is 0. The van der Waals surface area contributed by atoms with E-state index in [-0.39, 0.29) is 0 Å². The summed E-state index contributed by atoms with van der Waals surface area (Å²) in [5.41, 5.74) is 0. The minimum atomic E-state index is 0.558. The zero-order valence-corrected chi connectivity index (χ0v) is 9.80. The highest BCUT2D eigenvalue weighted by Crippen LogP contribution is 2.44. The molecule has 0 aromatic carbocycles. The molecule has 1 saturated heterocycles. The molecule has 1 aliphatic heterocycles. The molecule has 1 fully saturated rings. The fourth-order valence-corrected chi connectivity index (χ4v) is 3.47. The third-order valence-electron chi connectivity index (χ3n) is 2.61. The van der Waals surface area contributed by atoms with Crippen molar-refractivity contribution in [2.24, 2.45) is 5.92 Å². The predicted molar refractivity (Wildman–Crippen MR) is 57.7 cm³/mol. The van der Waals surface area contributed by atoms with Gasteiger partial charge in [0.1, 0.15) is 0 Å².